The predicted octanol–water partition coefficient (Wildman–Crippen LogP) is 6.05. The molecule has 0 N–H and O–H groups in total. The molecule has 0 saturated heterocycles. The van der Waals surface area contributed by atoms with Gasteiger partial charge in [0.05, 0.1) is 0 Å². The quantitative estimate of drug-likeness (QED) is 0.566. The van der Waals surface area contributed by atoms with Crippen molar-refractivity contribution in [3.8, 4) is 0 Å². The summed E-state index contributed by atoms with van der Waals surface area (Å²) in [5, 5.41) is 1.01. The first-order chi connectivity index (χ1) is 10.1. The van der Waals surface area contributed by atoms with Gasteiger partial charge in [0.1, 0.15) is 0 Å². The molecule has 0 radical (unpaired) electrons. The molecule has 1 aliphatic carbocycles. The zero-order chi connectivity index (χ0) is 15.4. The highest BCUT2D eigenvalue weighted by Gasteiger charge is 2.32. The van der Waals surface area contributed by atoms with E-state index in [1.54, 1.807) is 0 Å². The summed E-state index contributed by atoms with van der Waals surface area (Å²) in [4.78, 5) is 2.55. The molecule has 2 rings (SSSR count). The van der Waals surface area contributed by atoms with Crippen molar-refractivity contribution in [1.82, 2.24) is 0 Å². The van der Waals surface area contributed by atoms with E-state index in [0.717, 1.165) is 0 Å². The fourth-order valence-corrected chi connectivity index (χ4v) is 5.40. The normalized spacial score (nSPS) is 26.3. The SMILES string of the molecule is C=C/C=C\C(C)C(=C)C1=C(C=C)SC2C=CC=C(C)C2S1. The van der Waals surface area contributed by atoms with Gasteiger partial charge < -0.3 is 0 Å². The summed E-state index contributed by atoms with van der Waals surface area (Å²) in [6.45, 7) is 16.4. The highest BCUT2D eigenvalue weighted by molar-refractivity contribution is 8.11. The molecule has 0 aromatic rings. The lowest BCUT2D eigenvalue weighted by Crippen LogP contribution is -2.25. The second kappa shape index (κ2) is 7.24. The van der Waals surface area contributed by atoms with Crippen molar-refractivity contribution >= 4 is 23.5 Å². The molecule has 0 amide bonds. The van der Waals surface area contributed by atoms with E-state index in [1.807, 2.05) is 41.8 Å². The van der Waals surface area contributed by atoms with Gasteiger partial charge in [-0.15, -0.1) is 23.5 Å². The highest BCUT2D eigenvalue weighted by atomic mass is 32.2. The smallest absolute Gasteiger partial charge is 0.0462 e. The molecule has 2 aliphatic rings. The number of thioether (sulfide) groups is 2. The predicted molar refractivity (Wildman–Crippen MR) is 101 cm³/mol. The molecule has 0 spiro atoms. The van der Waals surface area contributed by atoms with Crippen molar-refractivity contribution in [3.63, 3.8) is 0 Å². The van der Waals surface area contributed by atoms with E-state index in [-0.39, 0.29) is 0 Å². The van der Waals surface area contributed by atoms with Crippen LogP contribution in [0.15, 0.2) is 83.2 Å². The van der Waals surface area contributed by atoms with Crippen molar-refractivity contribution in [2.45, 2.75) is 24.3 Å². The van der Waals surface area contributed by atoms with Crippen LogP contribution in [0.1, 0.15) is 13.8 Å². The van der Waals surface area contributed by atoms with E-state index >= 15 is 0 Å². The molecule has 0 aromatic heterocycles. The third-order valence-electron chi connectivity index (χ3n) is 3.70. The van der Waals surface area contributed by atoms with Crippen LogP contribution in [0, 0.1) is 5.92 Å². The summed E-state index contributed by atoms with van der Waals surface area (Å²) in [6, 6.07) is 0. The Kier molecular flexibility index (Phi) is 5.60. The van der Waals surface area contributed by atoms with Crippen LogP contribution in [-0.2, 0) is 0 Å². The maximum Gasteiger partial charge on any atom is 0.0462 e. The Labute approximate surface area is 137 Å². The molecule has 2 heteroatoms. The third kappa shape index (κ3) is 3.56. The molecule has 0 saturated carbocycles. The van der Waals surface area contributed by atoms with Crippen LogP contribution in [0.3, 0.4) is 0 Å². The molecular weight excluding hydrogens is 292 g/mol. The summed E-state index contributed by atoms with van der Waals surface area (Å²) in [6.07, 6.45) is 14.6. The standard InChI is InChI=1S/C19H22S2/c1-6-8-10-13(3)15(5)19-16(7-2)20-17-12-9-11-14(4)18(17)21-19/h6-13,17-18H,1-2,5H2,3-4H3/b10-8-. The summed E-state index contributed by atoms with van der Waals surface area (Å²) < 4.78 is 0. The van der Waals surface area contributed by atoms with Gasteiger partial charge in [-0.1, -0.05) is 74.8 Å². The molecule has 0 fully saturated rings. The molecule has 1 aliphatic heterocycles. The summed E-state index contributed by atoms with van der Waals surface area (Å²) in [7, 11) is 0. The minimum Gasteiger partial charge on any atom is -0.116 e. The Morgan fingerprint density at radius 1 is 1.33 bits per heavy atom. The number of hydrogen-bond acceptors (Lipinski definition) is 2. The molecular formula is C19H22S2. The van der Waals surface area contributed by atoms with Crippen LogP contribution in [-0.4, -0.2) is 10.5 Å². The molecule has 1 heterocycles. The maximum absolute atomic E-state index is 4.33. The average Bonchev–Trinajstić information content (AvgIpc) is 2.51. The Bertz CT molecular complexity index is 572. The van der Waals surface area contributed by atoms with E-state index in [9.17, 15) is 0 Å². The van der Waals surface area contributed by atoms with Gasteiger partial charge in [0.25, 0.3) is 0 Å². The van der Waals surface area contributed by atoms with Crippen molar-refractivity contribution in [1.29, 1.82) is 0 Å². The second-order valence-electron chi connectivity index (χ2n) is 5.25. The first-order valence-corrected chi connectivity index (χ1v) is 8.87. The maximum atomic E-state index is 4.33. The van der Waals surface area contributed by atoms with Crippen molar-refractivity contribution in [2.75, 3.05) is 0 Å². The fourth-order valence-electron chi connectivity index (χ4n) is 2.36. The summed E-state index contributed by atoms with van der Waals surface area (Å²) >= 11 is 3.84. The lowest BCUT2D eigenvalue weighted by Gasteiger charge is -2.34. The molecule has 0 bridgehead atoms. The van der Waals surface area contributed by atoms with Crippen molar-refractivity contribution < 1.29 is 0 Å². The van der Waals surface area contributed by atoms with Crippen LogP contribution >= 0.6 is 23.5 Å². The highest BCUT2D eigenvalue weighted by Crippen LogP contribution is 2.50. The second-order valence-corrected chi connectivity index (χ2v) is 7.62. The van der Waals surface area contributed by atoms with Crippen LogP contribution in [0.25, 0.3) is 0 Å². The molecule has 3 unspecified atom stereocenters. The molecule has 0 aromatic carbocycles. The van der Waals surface area contributed by atoms with Crippen LogP contribution in [0.5, 0.6) is 0 Å². The monoisotopic (exact) mass is 314 g/mol. The van der Waals surface area contributed by atoms with Gasteiger partial charge in [-0.25, -0.2) is 0 Å². The van der Waals surface area contributed by atoms with E-state index < -0.39 is 0 Å². The first kappa shape index (κ1) is 16.3. The average molecular weight is 315 g/mol. The Morgan fingerprint density at radius 3 is 2.76 bits per heavy atom. The Hall–Kier alpha value is -1.12. The van der Waals surface area contributed by atoms with Gasteiger partial charge in [-0.2, -0.15) is 0 Å². The number of fused-ring (bicyclic) bond motifs is 1. The number of rotatable bonds is 5. The van der Waals surface area contributed by atoms with Crippen LogP contribution in [0.4, 0.5) is 0 Å². The first-order valence-electron chi connectivity index (χ1n) is 7.12. The Balaban J connectivity index is 2.29. The topological polar surface area (TPSA) is 0 Å². The Morgan fingerprint density at radius 2 is 2.10 bits per heavy atom. The van der Waals surface area contributed by atoms with Crippen LogP contribution < -0.4 is 0 Å². The van der Waals surface area contributed by atoms with Gasteiger partial charge in [-0.3, -0.25) is 0 Å². The van der Waals surface area contributed by atoms with Gasteiger partial charge in [0.2, 0.25) is 0 Å². The fraction of sp³-hybridized carbons (Fsp3) is 0.263. The third-order valence-corrected chi connectivity index (χ3v) is 6.97. The lowest BCUT2D eigenvalue weighted by molar-refractivity contribution is 0.889. The van der Waals surface area contributed by atoms with E-state index in [0.29, 0.717) is 16.4 Å². The van der Waals surface area contributed by atoms with Gasteiger partial charge in [-0.05, 0) is 18.4 Å². The van der Waals surface area contributed by atoms with E-state index in [2.05, 4.69) is 57.9 Å². The zero-order valence-electron chi connectivity index (χ0n) is 12.7. The number of hydrogen-bond donors (Lipinski definition) is 0. The summed E-state index contributed by atoms with van der Waals surface area (Å²) in [5.74, 6) is 0.306. The zero-order valence-corrected chi connectivity index (χ0v) is 14.3. The molecule has 3 atom stereocenters. The van der Waals surface area contributed by atoms with Gasteiger partial charge >= 0.3 is 0 Å². The van der Waals surface area contributed by atoms with Gasteiger partial charge in [0, 0.05) is 20.3 Å². The van der Waals surface area contributed by atoms with E-state index in [1.165, 1.54) is 21.0 Å². The minimum atomic E-state index is 0.306. The summed E-state index contributed by atoms with van der Waals surface area (Å²) in [5.41, 5.74) is 2.60. The minimum absolute atomic E-state index is 0.306. The molecule has 0 nitrogen and oxygen atoms in total. The largest absolute Gasteiger partial charge is 0.116 e. The molecule has 110 valence electrons. The molecule has 21 heavy (non-hydrogen) atoms. The van der Waals surface area contributed by atoms with E-state index in [4.69, 9.17) is 0 Å². The number of allylic oxidation sites excluding steroid dienone is 7. The van der Waals surface area contributed by atoms with Crippen LogP contribution in [0.2, 0.25) is 0 Å². The van der Waals surface area contributed by atoms with Gasteiger partial charge in [0.15, 0.2) is 0 Å². The van der Waals surface area contributed by atoms with Crippen molar-refractivity contribution in [3.05, 3.63) is 83.2 Å². The van der Waals surface area contributed by atoms with Crippen molar-refractivity contribution in [2.24, 2.45) is 5.92 Å². The lowest BCUT2D eigenvalue weighted by atomic mass is 10.0.